The number of thiazole rings is 1. The first-order valence-electron chi connectivity index (χ1n) is 11.4. The molecule has 0 unspecified atom stereocenters. The number of anilines is 1. The normalized spacial score (nSPS) is 18.9. The summed E-state index contributed by atoms with van der Waals surface area (Å²) >= 11 is 2.38. The zero-order chi connectivity index (χ0) is 27.7. The van der Waals surface area contributed by atoms with Crippen molar-refractivity contribution < 1.29 is 33.3 Å². The van der Waals surface area contributed by atoms with Gasteiger partial charge in [-0.1, -0.05) is 5.16 Å². The summed E-state index contributed by atoms with van der Waals surface area (Å²) in [5.74, 6) is -2.35. The summed E-state index contributed by atoms with van der Waals surface area (Å²) in [6, 6.07) is 4.47. The van der Waals surface area contributed by atoms with E-state index in [4.69, 9.17) is 15.8 Å². The molecule has 0 aliphatic carbocycles. The number of oxime groups is 1. The molecule has 3 aromatic rings. The number of carbonyl (C=O) groups is 3. The van der Waals surface area contributed by atoms with E-state index in [1.165, 1.54) is 22.0 Å². The molecule has 16 heteroatoms. The fourth-order valence-corrected chi connectivity index (χ4v) is 6.15. The molecule has 1 saturated heterocycles. The molecule has 2 aliphatic heterocycles. The van der Waals surface area contributed by atoms with Crippen molar-refractivity contribution in [1.82, 2.24) is 19.6 Å². The number of hydrogen-bond donors (Lipinski definition) is 3. The summed E-state index contributed by atoms with van der Waals surface area (Å²) < 4.78 is 16.1. The smallest absolute Gasteiger partial charge is 0.352 e. The number of aliphatic carboxylic acids is 1. The number of carboxylic acid groups (broad SMARTS) is 1. The minimum absolute atomic E-state index is 0.0981. The standard InChI is InChI=1S/C23H19FN8O5S2/c24-3-6-37-29-16(14-11-39-23(26)27-14)19(33)28-17-20(34)32-18(22(35)36)13(10-38-21(17)32)9-31-5-4-30-8-12(7-25)1-2-15(30)31/h1-2,4-5,8,11,17,21H,3,6,9-10H2,(H3-,26,27,28,33,35,36)/p+1/b29-16-/t17-,21+/m1/s1. The maximum absolute atomic E-state index is 13.1. The number of rotatable bonds is 9. The lowest BCUT2D eigenvalue weighted by atomic mass is 10.0. The van der Waals surface area contributed by atoms with Crippen LogP contribution in [-0.4, -0.2) is 73.3 Å². The summed E-state index contributed by atoms with van der Waals surface area (Å²) in [5.41, 5.74) is 7.06. The van der Waals surface area contributed by atoms with Crippen LogP contribution >= 0.6 is 23.1 Å². The molecule has 0 radical (unpaired) electrons. The van der Waals surface area contributed by atoms with Crippen LogP contribution in [0.15, 0.2) is 52.5 Å². The average Bonchev–Trinajstić information content (AvgIpc) is 3.54. The summed E-state index contributed by atoms with van der Waals surface area (Å²) in [4.78, 5) is 48.4. The second-order valence-corrected chi connectivity index (χ2v) is 10.4. The molecular weight excluding hydrogens is 551 g/mol. The number of nitrogens with zero attached hydrogens (tertiary/aromatic N) is 6. The van der Waals surface area contributed by atoms with E-state index in [1.807, 2.05) is 4.57 Å². The lowest BCUT2D eigenvalue weighted by molar-refractivity contribution is -0.662. The number of imidazole rings is 1. The van der Waals surface area contributed by atoms with Crippen LogP contribution in [0.5, 0.6) is 0 Å². The van der Waals surface area contributed by atoms with Gasteiger partial charge >= 0.3 is 5.97 Å². The van der Waals surface area contributed by atoms with Crippen molar-refractivity contribution >= 4 is 57.4 Å². The molecule has 2 aliphatic rings. The Morgan fingerprint density at radius 3 is 2.95 bits per heavy atom. The Labute approximate surface area is 228 Å². The predicted octanol–water partition coefficient (Wildman–Crippen LogP) is 0.266. The van der Waals surface area contributed by atoms with Gasteiger partial charge in [-0.3, -0.25) is 14.5 Å². The van der Waals surface area contributed by atoms with Crippen LogP contribution in [0.2, 0.25) is 0 Å². The molecule has 2 amide bonds. The molecule has 200 valence electrons. The van der Waals surface area contributed by atoms with Crippen LogP contribution in [-0.2, 0) is 25.8 Å². The zero-order valence-electron chi connectivity index (χ0n) is 20.0. The molecule has 13 nitrogen and oxygen atoms in total. The van der Waals surface area contributed by atoms with Crippen molar-refractivity contribution in [2.45, 2.75) is 18.0 Å². The number of aromatic nitrogens is 3. The van der Waals surface area contributed by atoms with Gasteiger partial charge in [0.2, 0.25) is 0 Å². The molecule has 2 atom stereocenters. The SMILES string of the molecule is N#Cc1ccc2n(cc[n+]2CC2=C(C(=O)O)N3C(=O)[C@@H](NC(=O)/C(=N\OCCF)c4csc(N)n4)[C@@H]3SC2)c1. The third-order valence-electron chi connectivity index (χ3n) is 5.99. The third-order valence-corrected chi connectivity index (χ3v) is 8.00. The van der Waals surface area contributed by atoms with Crippen LogP contribution < -0.4 is 15.6 Å². The van der Waals surface area contributed by atoms with Crippen LogP contribution in [0.4, 0.5) is 9.52 Å². The Morgan fingerprint density at radius 1 is 1.44 bits per heavy atom. The average molecular weight is 572 g/mol. The van der Waals surface area contributed by atoms with E-state index in [1.54, 1.807) is 35.1 Å². The number of fused-ring (bicyclic) bond motifs is 2. The third kappa shape index (κ3) is 4.89. The maximum atomic E-state index is 13.1. The number of halogens is 1. The van der Waals surface area contributed by atoms with Gasteiger partial charge in [0.1, 0.15) is 67.3 Å². The van der Waals surface area contributed by atoms with Crippen molar-refractivity contribution in [2.24, 2.45) is 5.16 Å². The Bertz CT molecular complexity index is 1590. The fourth-order valence-electron chi connectivity index (χ4n) is 4.27. The van der Waals surface area contributed by atoms with Gasteiger partial charge in [0.15, 0.2) is 10.8 Å². The second kappa shape index (κ2) is 10.7. The number of alkyl halides is 1. The first-order chi connectivity index (χ1) is 18.8. The molecule has 5 rings (SSSR count). The van der Waals surface area contributed by atoms with E-state index in [0.29, 0.717) is 16.9 Å². The molecule has 0 bridgehead atoms. The first kappa shape index (κ1) is 26.1. The number of β-lactam (4-membered cyclic amide) rings is 1. The Morgan fingerprint density at radius 2 is 2.26 bits per heavy atom. The molecular formula is C23H20FN8O5S2+. The van der Waals surface area contributed by atoms with Crippen molar-refractivity contribution in [2.75, 3.05) is 24.8 Å². The summed E-state index contributed by atoms with van der Waals surface area (Å²) in [6.45, 7) is -0.995. The van der Waals surface area contributed by atoms with E-state index in [9.17, 15) is 23.9 Å². The van der Waals surface area contributed by atoms with Crippen molar-refractivity contribution in [3.8, 4) is 6.07 Å². The predicted molar refractivity (Wildman–Crippen MR) is 137 cm³/mol. The largest absolute Gasteiger partial charge is 0.477 e. The first-order valence-corrected chi connectivity index (χ1v) is 13.3. The summed E-state index contributed by atoms with van der Waals surface area (Å²) in [7, 11) is 0. The Hall–Kier alpha value is -4.49. The molecule has 3 aromatic heterocycles. The highest BCUT2D eigenvalue weighted by atomic mass is 32.2. The van der Waals surface area contributed by atoms with Gasteiger partial charge in [0.05, 0.1) is 5.56 Å². The van der Waals surface area contributed by atoms with Crippen LogP contribution in [0.3, 0.4) is 0 Å². The summed E-state index contributed by atoms with van der Waals surface area (Å²) in [5, 5.41) is 26.3. The number of pyridine rings is 1. The number of carbonyl (C=O) groups excluding carboxylic acids is 2. The van der Waals surface area contributed by atoms with Gasteiger partial charge < -0.3 is 21.0 Å². The van der Waals surface area contributed by atoms with E-state index < -0.39 is 35.9 Å². The molecule has 1 fully saturated rings. The highest BCUT2D eigenvalue weighted by molar-refractivity contribution is 8.00. The topological polar surface area (TPSA) is 179 Å². The number of hydrogen-bond acceptors (Lipinski definition) is 10. The monoisotopic (exact) mass is 571 g/mol. The van der Waals surface area contributed by atoms with E-state index in [0.717, 1.165) is 17.0 Å². The van der Waals surface area contributed by atoms with Gasteiger partial charge in [-0.15, -0.1) is 23.1 Å². The molecule has 39 heavy (non-hydrogen) atoms. The van der Waals surface area contributed by atoms with Crippen LogP contribution in [0.1, 0.15) is 11.3 Å². The van der Waals surface area contributed by atoms with Gasteiger partial charge in [-0.2, -0.15) is 5.26 Å². The molecule has 4 N–H and O–H groups in total. The van der Waals surface area contributed by atoms with E-state index in [2.05, 4.69) is 21.5 Å². The Kier molecular flexibility index (Phi) is 7.17. The number of nitrogen functional groups attached to an aromatic ring is 1. The maximum Gasteiger partial charge on any atom is 0.352 e. The van der Waals surface area contributed by atoms with Crippen molar-refractivity contribution in [3.05, 3.63) is 58.6 Å². The van der Waals surface area contributed by atoms with Crippen molar-refractivity contribution in [3.63, 3.8) is 0 Å². The van der Waals surface area contributed by atoms with Gasteiger partial charge in [0.25, 0.3) is 17.5 Å². The fraction of sp³-hybridized carbons (Fsp3) is 0.261. The number of nitrogens with two attached hydrogens (primary N) is 1. The van der Waals surface area contributed by atoms with Gasteiger partial charge in [-0.05, 0) is 6.07 Å². The molecule has 5 heterocycles. The number of amides is 2. The quantitative estimate of drug-likeness (QED) is 0.107. The van der Waals surface area contributed by atoms with Gasteiger partial charge in [-0.25, -0.2) is 23.1 Å². The highest BCUT2D eigenvalue weighted by Gasteiger charge is 2.54. The van der Waals surface area contributed by atoms with Crippen LogP contribution in [0, 0.1) is 11.3 Å². The molecule has 0 saturated carbocycles. The van der Waals surface area contributed by atoms with Crippen molar-refractivity contribution in [1.29, 1.82) is 5.26 Å². The second-order valence-electron chi connectivity index (χ2n) is 8.37. The molecule has 0 aromatic carbocycles. The number of carboxylic acids is 1. The number of nitrogens with one attached hydrogen (secondary N) is 1. The van der Waals surface area contributed by atoms with E-state index >= 15 is 0 Å². The molecule has 0 spiro atoms. The minimum Gasteiger partial charge on any atom is -0.477 e. The lowest BCUT2D eigenvalue weighted by Crippen LogP contribution is -2.71. The van der Waals surface area contributed by atoms with E-state index in [-0.39, 0.29) is 35.4 Å². The minimum atomic E-state index is -1.26. The zero-order valence-corrected chi connectivity index (χ0v) is 21.6. The summed E-state index contributed by atoms with van der Waals surface area (Å²) in [6.07, 6.45) is 5.18. The lowest BCUT2D eigenvalue weighted by Gasteiger charge is -2.49. The number of nitriles is 1. The highest BCUT2D eigenvalue weighted by Crippen LogP contribution is 2.40. The van der Waals surface area contributed by atoms with Gasteiger partial charge in [0, 0.05) is 22.8 Å². The Balaban J connectivity index is 1.36. The number of thioether (sulfide) groups is 1. The van der Waals surface area contributed by atoms with Crippen LogP contribution in [0.25, 0.3) is 5.65 Å².